The van der Waals surface area contributed by atoms with Gasteiger partial charge < -0.3 is 19.6 Å². The number of hydrogen-bond donors (Lipinski definition) is 0. The van der Waals surface area contributed by atoms with Crippen molar-refractivity contribution in [2.75, 3.05) is 65.3 Å². The van der Waals surface area contributed by atoms with E-state index in [9.17, 15) is 4.79 Å². The van der Waals surface area contributed by atoms with Crippen molar-refractivity contribution in [3.63, 3.8) is 0 Å². The van der Waals surface area contributed by atoms with Crippen molar-refractivity contribution in [3.8, 4) is 0 Å². The summed E-state index contributed by atoms with van der Waals surface area (Å²) in [6, 6.07) is 8.73. The molecule has 0 saturated carbocycles. The predicted molar refractivity (Wildman–Crippen MR) is 117 cm³/mol. The Kier molecular flexibility index (Phi) is 7.36. The highest BCUT2D eigenvalue weighted by Crippen LogP contribution is 2.26. The van der Waals surface area contributed by atoms with E-state index in [2.05, 4.69) is 28.7 Å². The molecule has 2 fully saturated rings. The van der Waals surface area contributed by atoms with Crippen LogP contribution in [0, 0.1) is 5.92 Å². The Bertz CT molecular complexity index is 631. The Balaban J connectivity index is 1.55. The van der Waals surface area contributed by atoms with Gasteiger partial charge in [-0.25, -0.2) is 0 Å². The van der Waals surface area contributed by atoms with Crippen LogP contribution in [0.3, 0.4) is 0 Å². The lowest BCUT2D eigenvalue weighted by Gasteiger charge is -2.41. The lowest BCUT2D eigenvalue weighted by molar-refractivity contribution is 0.0611. The maximum absolute atomic E-state index is 13.2. The fourth-order valence-corrected chi connectivity index (χ4v) is 4.74. The Morgan fingerprint density at radius 3 is 2.29 bits per heavy atom. The molecule has 2 saturated heterocycles. The minimum Gasteiger partial charge on any atom is -0.377 e. The van der Waals surface area contributed by atoms with Gasteiger partial charge in [-0.15, -0.1) is 0 Å². The van der Waals surface area contributed by atoms with Gasteiger partial charge in [-0.05, 0) is 83.9 Å². The zero-order valence-corrected chi connectivity index (χ0v) is 18.2. The summed E-state index contributed by atoms with van der Waals surface area (Å²) >= 11 is 0. The first-order valence-electron chi connectivity index (χ1n) is 11.0. The molecule has 5 heteroatoms. The van der Waals surface area contributed by atoms with Crippen molar-refractivity contribution in [1.82, 2.24) is 14.7 Å². The van der Waals surface area contributed by atoms with Gasteiger partial charge in [-0.2, -0.15) is 0 Å². The number of carbonyl (C=O) groups excluding carboxylic acids is 1. The van der Waals surface area contributed by atoms with Crippen LogP contribution in [0.5, 0.6) is 0 Å². The van der Waals surface area contributed by atoms with Gasteiger partial charge in [0, 0.05) is 38.9 Å². The van der Waals surface area contributed by atoms with E-state index < -0.39 is 0 Å². The molecule has 0 unspecified atom stereocenters. The number of benzene rings is 1. The van der Waals surface area contributed by atoms with Crippen LogP contribution in [0.15, 0.2) is 24.3 Å². The van der Waals surface area contributed by atoms with E-state index >= 15 is 0 Å². The standard InChI is InChI=1S/C23H38N4O/c1-5-26(23(28)21-8-6-7-9-22(21)24(2)3)18-19-10-16-27(17-11-19)20-12-14-25(4)15-13-20/h6-9,19-20H,5,10-18H2,1-4H3. The monoisotopic (exact) mass is 386 g/mol. The minimum absolute atomic E-state index is 0.171. The van der Waals surface area contributed by atoms with Crippen LogP contribution in [0.4, 0.5) is 5.69 Å². The molecule has 1 amide bonds. The van der Waals surface area contributed by atoms with E-state index in [1.807, 2.05) is 43.3 Å². The van der Waals surface area contributed by atoms with Crippen molar-refractivity contribution in [2.24, 2.45) is 5.92 Å². The number of amides is 1. The zero-order valence-electron chi connectivity index (χ0n) is 18.2. The second-order valence-corrected chi connectivity index (χ2v) is 8.77. The second-order valence-electron chi connectivity index (χ2n) is 8.77. The molecule has 0 radical (unpaired) electrons. The van der Waals surface area contributed by atoms with E-state index in [-0.39, 0.29) is 5.91 Å². The van der Waals surface area contributed by atoms with Gasteiger partial charge in [0.25, 0.3) is 5.91 Å². The summed E-state index contributed by atoms with van der Waals surface area (Å²) in [6.45, 7) is 8.61. The Morgan fingerprint density at radius 1 is 1.04 bits per heavy atom. The topological polar surface area (TPSA) is 30.0 Å². The summed E-state index contributed by atoms with van der Waals surface area (Å²) in [5.41, 5.74) is 1.82. The molecule has 0 aliphatic carbocycles. The molecular formula is C23H38N4O. The van der Waals surface area contributed by atoms with E-state index in [1.165, 1.54) is 51.9 Å². The predicted octanol–water partition coefficient (Wildman–Crippen LogP) is 3.02. The smallest absolute Gasteiger partial charge is 0.255 e. The molecule has 2 aliphatic heterocycles. The summed E-state index contributed by atoms with van der Waals surface area (Å²) in [5, 5.41) is 0. The Hall–Kier alpha value is -1.59. The fraction of sp³-hybridized carbons (Fsp3) is 0.696. The van der Waals surface area contributed by atoms with E-state index in [0.717, 1.165) is 30.4 Å². The van der Waals surface area contributed by atoms with Gasteiger partial charge in [0.05, 0.1) is 5.56 Å². The number of piperidine rings is 2. The molecule has 156 valence electrons. The quantitative estimate of drug-likeness (QED) is 0.752. The maximum atomic E-state index is 13.2. The maximum Gasteiger partial charge on any atom is 0.255 e. The van der Waals surface area contributed by atoms with Crippen LogP contribution >= 0.6 is 0 Å². The molecule has 28 heavy (non-hydrogen) atoms. The number of para-hydroxylation sites is 1. The lowest BCUT2D eigenvalue weighted by atomic mass is 9.93. The SMILES string of the molecule is CCN(CC1CCN(C2CCN(C)CC2)CC1)C(=O)c1ccccc1N(C)C. The molecule has 1 aromatic rings. The van der Waals surface area contributed by atoms with Crippen LogP contribution < -0.4 is 4.90 Å². The number of rotatable bonds is 6. The van der Waals surface area contributed by atoms with Crippen LogP contribution in [0.2, 0.25) is 0 Å². The second kappa shape index (κ2) is 9.75. The Morgan fingerprint density at radius 2 is 1.68 bits per heavy atom. The van der Waals surface area contributed by atoms with Gasteiger partial charge in [0.2, 0.25) is 0 Å². The third-order valence-electron chi connectivity index (χ3n) is 6.62. The third-order valence-corrected chi connectivity index (χ3v) is 6.62. The molecule has 3 rings (SSSR count). The highest BCUT2D eigenvalue weighted by Gasteiger charge is 2.29. The fourth-order valence-electron chi connectivity index (χ4n) is 4.74. The molecule has 0 spiro atoms. The number of carbonyl (C=O) groups is 1. The average molecular weight is 387 g/mol. The molecule has 2 heterocycles. The summed E-state index contributed by atoms with van der Waals surface area (Å²) < 4.78 is 0. The van der Waals surface area contributed by atoms with E-state index in [1.54, 1.807) is 0 Å². The lowest BCUT2D eigenvalue weighted by Crippen LogP contribution is -2.48. The van der Waals surface area contributed by atoms with Crippen molar-refractivity contribution in [3.05, 3.63) is 29.8 Å². The highest BCUT2D eigenvalue weighted by molar-refractivity contribution is 5.99. The Labute approximate surface area is 171 Å². The highest BCUT2D eigenvalue weighted by atomic mass is 16.2. The van der Waals surface area contributed by atoms with E-state index in [4.69, 9.17) is 0 Å². The van der Waals surface area contributed by atoms with Crippen LogP contribution in [-0.4, -0.2) is 87.1 Å². The third kappa shape index (κ3) is 5.06. The average Bonchev–Trinajstić information content (AvgIpc) is 2.72. The number of likely N-dealkylation sites (tertiary alicyclic amines) is 2. The molecule has 0 bridgehead atoms. The largest absolute Gasteiger partial charge is 0.377 e. The molecule has 2 aliphatic rings. The van der Waals surface area contributed by atoms with Gasteiger partial charge in [0.1, 0.15) is 0 Å². The summed E-state index contributed by atoms with van der Waals surface area (Å²) in [5.74, 6) is 0.794. The van der Waals surface area contributed by atoms with Crippen molar-refractivity contribution >= 4 is 11.6 Å². The van der Waals surface area contributed by atoms with E-state index in [0.29, 0.717) is 5.92 Å². The van der Waals surface area contributed by atoms with Gasteiger partial charge >= 0.3 is 0 Å². The number of anilines is 1. The van der Waals surface area contributed by atoms with Gasteiger partial charge in [-0.1, -0.05) is 12.1 Å². The first kappa shape index (κ1) is 21.1. The molecule has 0 atom stereocenters. The molecule has 1 aromatic carbocycles. The van der Waals surface area contributed by atoms with Crippen molar-refractivity contribution in [1.29, 1.82) is 0 Å². The van der Waals surface area contributed by atoms with Crippen LogP contribution in [0.1, 0.15) is 43.0 Å². The summed E-state index contributed by atoms with van der Waals surface area (Å²) in [7, 11) is 6.23. The summed E-state index contributed by atoms with van der Waals surface area (Å²) in [4.78, 5) is 22.4. The first-order chi connectivity index (χ1) is 13.5. The summed E-state index contributed by atoms with van der Waals surface area (Å²) in [6.07, 6.45) is 5.04. The molecular weight excluding hydrogens is 348 g/mol. The van der Waals surface area contributed by atoms with Crippen LogP contribution in [0.25, 0.3) is 0 Å². The minimum atomic E-state index is 0.171. The molecule has 0 N–H and O–H groups in total. The number of nitrogens with zero attached hydrogens (tertiary/aromatic N) is 4. The van der Waals surface area contributed by atoms with Gasteiger partial charge in [0.15, 0.2) is 0 Å². The van der Waals surface area contributed by atoms with Crippen molar-refractivity contribution in [2.45, 2.75) is 38.6 Å². The molecule has 0 aromatic heterocycles. The number of hydrogen-bond acceptors (Lipinski definition) is 4. The first-order valence-corrected chi connectivity index (χ1v) is 11.0. The normalized spacial score (nSPS) is 20.3. The molecule has 5 nitrogen and oxygen atoms in total. The van der Waals surface area contributed by atoms with Crippen LogP contribution in [-0.2, 0) is 0 Å². The van der Waals surface area contributed by atoms with Crippen molar-refractivity contribution < 1.29 is 4.79 Å². The zero-order chi connectivity index (χ0) is 20.1. The van der Waals surface area contributed by atoms with Gasteiger partial charge in [-0.3, -0.25) is 4.79 Å².